The van der Waals surface area contributed by atoms with Crippen LogP contribution >= 0.6 is 34.8 Å². The third kappa shape index (κ3) is 5.18. The Balaban J connectivity index is 1.69. The van der Waals surface area contributed by atoms with Gasteiger partial charge in [-0.2, -0.15) is 0 Å². The van der Waals surface area contributed by atoms with Crippen molar-refractivity contribution in [2.24, 2.45) is 0 Å². The lowest BCUT2D eigenvalue weighted by molar-refractivity contribution is 0.195. The van der Waals surface area contributed by atoms with Gasteiger partial charge >= 0.3 is 0 Å². The van der Waals surface area contributed by atoms with Crippen molar-refractivity contribution in [3.05, 3.63) is 81.8 Å². The van der Waals surface area contributed by atoms with E-state index in [9.17, 15) is 0 Å². The minimum Gasteiger partial charge on any atom is -0.490 e. The lowest BCUT2D eigenvalue weighted by Crippen LogP contribution is -2.07. The van der Waals surface area contributed by atoms with Crippen LogP contribution in [0.5, 0.6) is 5.75 Å². The Hall–Kier alpha value is -2.14. The molecule has 1 aromatic heterocycles. The molecule has 134 valence electrons. The van der Waals surface area contributed by atoms with Crippen LogP contribution in [-0.2, 0) is 4.74 Å². The highest BCUT2D eigenvalue weighted by Gasteiger charge is 2.10. The fourth-order valence-corrected chi connectivity index (χ4v) is 2.82. The van der Waals surface area contributed by atoms with Crippen LogP contribution in [0.1, 0.15) is 5.56 Å². The van der Waals surface area contributed by atoms with Crippen molar-refractivity contribution in [2.75, 3.05) is 13.2 Å². The van der Waals surface area contributed by atoms with Gasteiger partial charge in [-0.25, -0.2) is 4.98 Å². The van der Waals surface area contributed by atoms with Crippen LogP contribution in [0.15, 0.2) is 61.2 Å². The predicted molar refractivity (Wildman–Crippen MR) is 106 cm³/mol. The summed E-state index contributed by atoms with van der Waals surface area (Å²) in [6.07, 6.45) is 6.94. The highest BCUT2D eigenvalue weighted by atomic mass is 35.5. The summed E-state index contributed by atoms with van der Waals surface area (Å²) in [5.41, 5.74) is 0.733. The molecule has 0 unspecified atom stereocenters. The molecule has 0 atom stereocenters. The zero-order chi connectivity index (χ0) is 18.4. The van der Waals surface area contributed by atoms with Gasteiger partial charge in [0.15, 0.2) is 0 Å². The normalized spacial score (nSPS) is 11.4. The van der Waals surface area contributed by atoms with Gasteiger partial charge in [0.05, 0.1) is 17.5 Å². The average Bonchev–Trinajstić information content (AvgIpc) is 3.12. The SMILES string of the molecule is Clc1ccc(OCCOC(=Cn2ccnc2)c2ccc(Cl)cc2Cl)cc1. The van der Waals surface area contributed by atoms with Crippen LogP contribution in [0, 0.1) is 0 Å². The molecule has 0 aliphatic heterocycles. The van der Waals surface area contributed by atoms with Crippen LogP contribution in [0.2, 0.25) is 15.1 Å². The molecule has 0 radical (unpaired) electrons. The highest BCUT2D eigenvalue weighted by molar-refractivity contribution is 6.35. The van der Waals surface area contributed by atoms with E-state index in [1.54, 1.807) is 65.9 Å². The average molecular weight is 410 g/mol. The van der Waals surface area contributed by atoms with E-state index >= 15 is 0 Å². The Morgan fingerprint density at radius 3 is 2.46 bits per heavy atom. The molecule has 0 saturated heterocycles. The molecule has 0 spiro atoms. The molecule has 4 nitrogen and oxygen atoms in total. The van der Waals surface area contributed by atoms with Gasteiger partial charge in [-0.15, -0.1) is 0 Å². The maximum absolute atomic E-state index is 6.31. The van der Waals surface area contributed by atoms with Gasteiger partial charge in [0.25, 0.3) is 0 Å². The first-order chi connectivity index (χ1) is 12.6. The highest BCUT2D eigenvalue weighted by Crippen LogP contribution is 2.28. The minimum atomic E-state index is 0.335. The largest absolute Gasteiger partial charge is 0.490 e. The number of imidazole rings is 1. The molecule has 26 heavy (non-hydrogen) atoms. The van der Waals surface area contributed by atoms with Crippen molar-refractivity contribution < 1.29 is 9.47 Å². The third-order valence-corrected chi connectivity index (χ3v) is 4.21. The second kappa shape index (κ2) is 8.99. The molecule has 3 rings (SSSR count). The van der Waals surface area contributed by atoms with Gasteiger partial charge < -0.3 is 14.0 Å². The van der Waals surface area contributed by atoms with E-state index in [1.807, 2.05) is 6.07 Å². The molecule has 0 saturated carbocycles. The van der Waals surface area contributed by atoms with Crippen molar-refractivity contribution in [3.63, 3.8) is 0 Å². The van der Waals surface area contributed by atoms with E-state index in [4.69, 9.17) is 44.3 Å². The van der Waals surface area contributed by atoms with Crippen molar-refractivity contribution in [2.45, 2.75) is 0 Å². The molecule has 0 amide bonds. The Morgan fingerprint density at radius 2 is 1.77 bits per heavy atom. The number of halogens is 3. The van der Waals surface area contributed by atoms with Crippen molar-refractivity contribution >= 4 is 46.8 Å². The summed E-state index contributed by atoms with van der Waals surface area (Å²) in [6.45, 7) is 0.705. The second-order valence-electron chi connectivity index (χ2n) is 5.28. The monoisotopic (exact) mass is 408 g/mol. The fraction of sp³-hybridized carbons (Fsp3) is 0.105. The quantitative estimate of drug-likeness (QED) is 0.360. The van der Waals surface area contributed by atoms with Crippen molar-refractivity contribution in [3.8, 4) is 5.75 Å². The summed E-state index contributed by atoms with van der Waals surface area (Å²) in [7, 11) is 0. The van der Waals surface area contributed by atoms with Crippen molar-refractivity contribution in [1.82, 2.24) is 9.55 Å². The van der Waals surface area contributed by atoms with Crippen LogP contribution in [0.25, 0.3) is 12.0 Å². The number of hydrogen-bond donors (Lipinski definition) is 0. The molecular formula is C19H15Cl3N2O2. The van der Waals surface area contributed by atoms with Crippen LogP contribution in [-0.4, -0.2) is 22.8 Å². The lowest BCUT2D eigenvalue weighted by atomic mass is 10.2. The lowest BCUT2D eigenvalue weighted by Gasteiger charge is -2.13. The Kier molecular flexibility index (Phi) is 6.45. The summed E-state index contributed by atoms with van der Waals surface area (Å²) in [4.78, 5) is 4.02. The second-order valence-corrected chi connectivity index (χ2v) is 6.56. The summed E-state index contributed by atoms with van der Waals surface area (Å²) in [6, 6.07) is 12.4. The molecule has 3 aromatic rings. The van der Waals surface area contributed by atoms with E-state index in [2.05, 4.69) is 4.98 Å². The number of rotatable bonds is 7. The maximum atomic E-state index is 6.31. The number of benzene rings is 2. The van der Waals surface area contributed by atoms with Crippen LogP contribution in [0.4, 0.5) is 0 Å². The summed E-state index contributed by atoms with van der Waals surface area (Å²) >= 11 is 18.2. The smallest absolute Gasteiger partial charge is 0.144 e. The number of aromatic nitrogens is 2. The first-order valence-corrected chi connectivity index (χ1v) is 8.91. The molecule has 0 aliphatic carbocycles. The first-order valence-electron chi connectivity index (χ1n) is 7.77. The predicted octanol–water partition coefficient (Wildman–Crippen LogP) is 5.89. The van der Waals surface area contributed by atoms with E-state index in [0.29, 0.717) is 34.0 Å². The topological polar surface area (TPSA) is 36.3 Å². The summed E-state index contributed by atoms with van der Waals surface area (Å²) in [5, 5.41) is 1.73. The van der Waals surface area contributed by atoms with Gasteiger partial charge in [-0.1, -0.05) is 34.8 Å². The van der Waals surface area contributed by atoms with Gasteiger partial charge in [0, 0.05) is 28.0 Å². The van der Waals surface area contributed by atoms with E-state index < -0.39 is 0 Å². The molecular weight excluding hydrogens is 395 g/mol. The first kappa shape index (κ1) is 18.6. The zero-order valence-corrected chi connectivity index (χ0v) is 15.9. The van der Waals surface area contributed by atoms with Gasteiger partial charge in [0.2, 0.25) is 0 Å². The summed E-state index contributed by atoms with van der Waals surface area (Å²) in [5.74, 6) is 1.31. The Bertz CT molecular complexity index is 878. The van der Waals surface area contributed by atoms with E-state index in [0.717, 1.165) is 11.3 Å². The van der Waals surface area contributed by atoms with Crippen molar-refractivity contribution in [1.29, 1.82) is 0 Å². The maximum Gasteiger partial charge on any atom is 0.144 e. The minimum absolute atomic E-state index is 0.335. The number of nitrogens with zero attached hydrogens (tertiary/aromatic N) is 2. The van der Waals surface area contributed by atoms with Gasteiger partial charge in [-0.3, -0.25) is 0 Å². The molecule has 0 fully saturated rings. The van der Waals surface area contributed by atoms with E-state index in [-0.39, 0.29) is 0 Å². The standard InChI is InChI=1S/C19H15Cl3N2O2/c20-14-1-4-16(5-2-14)25-9-10-26-19(12-24-8-7-23-13-24)17-6-3-15(21)11-18(17)22/h1-8,11-13H,9-10H2. The van der Waals surface area contributed by atoms with Crippen LogP contribution < -0.4 is 4.74 Å². The summed E-state index contributed by atoms with van der Waals surface area (Å²) < 4.78 is 13.3. The molecule has 0 aliphatic rings. The Labute approximate surface area is 166 Å². The number of hydrogen-bond acceptors (Lipinski definition) is 3. The number of ether oxygens (including phenoxy) is 2. The zero-order valence-electron chi connectivity index (χ0n) is 13.6. The molecule has 2 aromatic carbocycles. The third-order valence-electron chi connectivity index (χ3n) is 3.41. The molecule has 7 heteroatoms. The van der Waals surface area contributed by atoms with Crippen LogP contribution in [0.3, 0.4) is 0 Å². The molecule has 0 N–H and O–H groups in total. The van der Waals surface area contributed by atoms with E-state index in [1.165, 1.54) is 0 Å². The fourth-order valence-electron chi connectivity index (χ4n) is 2.20. The Morgan fingerprint density at radius 1 is 1.00 bits per heavy atom. The molecule has 0 bridgehead atoms. The van der Waals surface area contributed by atoms with Gasteiger partial charge in [0.1, 0.15) is 24.7 Å². The molecule has 1 heterocycles. The van der Waals surface area contributed by atoms with Gasteiger partial charge in [-0.05, 0) is 42.5 Å².